The third-order valence-corrected chi connectivity index (χ3v) is 3.60. The molecule has 108 valence electrons. The zero-order valence-electron chi connectivity index (χ0n) is 12.6. The first-order valence-electron chi connectivity index (χ1n) is 7.35. The van der Waals surface area contributed by atoms with Gasteiger partial charge in [-0.2, -0.15) is 0 Å². The molecule has 1 aromatic carbocycles. The Morgan fingerprint density at radius 1 is 1.30 bits per heavy atom. The van der Waals surface area contributed by atoms with Gasteiger partial charge in [-0.25, -0.2) is 4.98 Å². The van der Waals surface area contributed by atoms with Gasteiger partial charge >= 0.3 is 0 Å². The van der Waals surface area contributed by atoms with Crippen LogP contribution in [0.3, 0.4) is 0 Å². The molecule has 0 aliphatic carbocycles. The lowest BCUT2D eigenvalue weighted by Crippen LogP contribution is -2.27. The lowest BCUT2D eigenvalue weighted by molar-refractivity contribution is -0.130. The van der Waals surface area contributed by atoms with Crippen LogP contribution in [0.25, 0.3) is 11.0 Å². The highest BCUT2D eigenvalue weighted by molar-refractivity contribution is 5.77. The number of hydrogen-bond donors (Lipinski definition) is 0. The van der Waals surface area contributed by atoms with Gasteiger partial charge in [-0.1, -0.05) is 25.5 Å². The van der Waals surface area contributed by atoms with Crippen LogP contribution in [0.2, 0.25) is 0 Å². The smallest absolute Gasteiger partial charge is 0.222 e. The van der Waals surface area contributed by atoms with Gasteiger partial charge in [0.25, 0.3) is 0 Å². The molecule has 20 heavy (non-hydrogen) atoms. The summed E-state index contributed by atoms with van der Waals surface area (Å²) in [6.45, 7) is 5.65. The fraction of sp³-hybridized carbons (Fsp3) is 0.500. The Balaban J connectivity index is 2.18. The van der Waals surface area contributed by atoms with Crippen LogP contribution < -0.4 is 0 Å². The van der Waals surface area contributed by atoms with E-state index in [1.165, 1.54) is 0 Å². The van der Waals surface area contributed by atoms with Crippen LogP contribution in [0.1, 0.15) is 38.9 Å². The summed E-state index contributed by atoms with van der Waals surface area (Å²) >= 11 is 0. The quantitative estimate of drug-likeness (QED) is 0.810. The molecule has 1 heterocycles. The number of aromatic nitrogens is 2. The minimum absolute atomic E-state index is 0.196. The van der Waals surface area contributed by atoms with E-state index in [1.54, 1.807) is 4.90 Å². The maximum absolute atomic E-state index is 12.0. The number of aryl methyl sites for hydroxylation is 1. The Morgan fingerprint density at radius 2 is 2.05 bits per heavy atom. The summed E-state index contributed by atoms with van der Waals surface area (Å²) in [7, 11) is 1.86. The minimum atomic E-state index is 0.196. The molecule has 0 fully saturated rings. The largest absolute Gasteiger partial charge is 0.338 e. The van der Waals surface area contributed by atoms with Gasteiger partial charge in [0.2, 0.25) is 5.91 Å². The van der Waals surface area contributed by atoms with Crippen molar-refractivity contribution in [2.24, 2.45) is 0 Å². The summed E-state index contributed by atoms with van der Waals surface area (Å²) in [5.41, 5.74) is 2.14. The second kappa shape index (κ2) is 6.55. The molecule has 4 heteroatoms. The van der Waals surface area contributed by atoms with Crippen molar-refractivity contribution in [1.29, 1.82) is 0 Å². The van der Waals surface area contributed by atoms with Crippen molar-refractivity contribution in [1.82, 2.24) is 14.5 Å². The number of carbonyl (C=O) groups excluding carboxylic acids is 1. The number of benzene rings is 1. The van der Waals surface area contributed by atoms with E-state index >= 15 is 0 Å². The van der Waals surface area contributed by atoms with E-state index < -0.39 is 0 Å². The van der Waals surface area contributed by atoms with Gasteiger partial charge in [0, 0.05) is 20.0 Å². The molecule has 2 rings (SSSR count). The summed E-state index contributed by atoms with van der Waals surface area (Å²) < 4.78 is 2.18. The van der Waals surface area contributed by atoms with Crippen LogP contribution >= 0.6 is 0 Å². The summed E-state index contributed by atoms with van der Waals surface area (Å²) in [5, 5.41) is 0. The van der Waals surface area contributed by atoms with Gasteiger partial charge in [-0.05, 0) is 25.5 Å². The Kier molecular flexibility index (Phi) is 4.77. The second-order valence-corrected chi connectivity index (χ2v) is 5.11. The van der Waals surface area contributed by atoms with E-state index in [1.807, 2.05) is 25.2 Å². The summed E-state index contributed by atoms with van der Waals surface area (Å²) in [5.74, 6) is 1.16. The zero-order chi connectivity index (χ0) is 14.5. The van der Waals surface area contributed by atoms with Crippen molar-refractivity contribution < 1.29 is 4.79 Å². The molecule has 0 unspecified atom stereocenters. The molecule has 0 aliphatic heterocycles. The Hall–Kier alpha value is -1.84. The van der Waals surface area contributed by atoms with Gasteiger partial charge in [-0.15, -0.1) is 0 Å². The van der Waals surface area contributed by atoms with E-state index in [-0.39, 0.29) is 5.91 Å². The van der Waals surface area contributed by atoms with Crippen LogP contribution in [-0.4, -0.2) is 27.4 Å². The number of unbranched alkanes of at least 4 members (excludes halogenated alkanes) is 1. The number of hydrogen-bond acceptors (Lipinski definition) is 2. The summed E-state index contributed by atoms with van der Waals surface area (Å²) in [6, 6.07) is 8.11. The lowest BCUT2D eigenvalue weighted by Gasteiger charge is -2.17. The fourth-order valence-corrected chi connectivity index (χ4v) is 2.42. The minimum Gasteiger partial charge on any atom is -0.338 e. The molecule has 0 atom stereocenters. The van der Waals surface area contributed by atoms with E-state index in [2.05, 4.69) is 29.5 Å². The molecule has 4 nitrogen and oxygen atoms in total. The molecule has 0 saturated carbocycles. The number of fused-ring (bicyclic) bond motifs is 1. The first kappa shape index (κ1) is 14.6. The van der Waals surface area contributed by atoms with Crippen LogP contribution in [0.5, 0.6) is 0 Å². The number of rotatable bonds is 6. The van der Waals surface area contributed by atoms with Crippen LogP contribution in [-0.2, 0) is 17.9 Å². The van der Waals surface area contributed by atoms with Gasteiger partial charge < -0.3 is 9.47 Å². The van der Waals surface area contributed by atoms with E-state index in [0.717, 1.165) is 36.2 Å². The molecule has 0 bridgehead atoms. The van der Waals surface area contributed by atoms with Gasteiger partial charge in [0.05, 0.1) is 17.6 Å². The summed E-state index contributed by atoms with van der Waals surface area (Å²) in [4.78, 5) is 18.4. The number of amides is 1. The van der Waals surface area contributed by atoms with Crippen molar-refractivity contribution in [3.05, 3.63) is 30.1 Å². The van der Waals surface area contributed by atoms with Crippen LogP contribution in [0, 0.1) is 0 Å². The number of imidazole rings is 1. The molecular formula is C16H23N3O. The fourth-order valence-electron chi connectivity index (χ4n) is 2.42. The van der Waals surface area contributed by atoms with Crippen molar-refractivity contribution in [3.8, 4) is 0 Å². The SMILES string of the molecule is CCCCC(=O)N(C)Cc1nc2ccccc2n1CC. The predicted octanol–water partition coefficient (Wildman–Crippen LogP) is 3.20. The molecule has 1 aromatic heterocycles. The molecule has 0 N–H and O–H groups in total. The van der Waals surface area contributed by atoms with Crippen molar-refractivity contribution in [2.75, 3.05) is 7.05 Å². The Morgan fingerprint density at radius 3 is 2.75 bits per heavy atom. The molecule has 0 radical (unpaired) electrons. The first-order chi connectivity index (χ1) is 9.67. The zero-order valence-corrected chi connectivity index (χ0v) is 12.6. The normalized spacial score (nSPS) is 10.9. The Bertz CT molecular complexity index is 588. The number of nitrogens with zero attached hydrogens (tertiary/aromatic N) is 3. The van der Waals surface area contributed by atoms with Crippen LogP contribution in [0.4, 0.5) is 0 Å². The highest BCUT2D eigenvalue weighted by atomic mass is 16.2. The van der Waals surface area contributed by atoms with Gasteiger partial charge in [-0.3, -0.25) is 4.79 Å². The van der Waals surface area contributed by atoms with Crippen molar-refractivity contribution in [3.63, 3.8) is 0 Å². The maximum Gasteiger partial charge on any atom is 0.222 e. The van der Waals surface area contributed by atoms with Crippen LogP contribution in [0.15, 0.2) is 24.3 Å². The molecule has 0 spiro atoms. The standard InChI is InChI=1S/C16H23N3O/c1-4-6-11-16(20)18(3)12-15-17-13-9-7-8-10-14(13)19(15)5-2/h7-10H,4-6,11-12H2,1-3H3. The molecule has 2 aromatic rings. The third kappa shape index (κ3) is 3.00. The predicted molar refractivity (Wildman–Crippen MR) is 81.4 cm³/mol. The monoisotopic (exact) mass is 273 g/mol. The highest BCUT2D eigenvalue weighted by Gasteiger charge is 2.14. The first-order valence-corrected chi connectivity index (χ1v) is 7.35. The topological polar surface area (TPSA) is 38.1 Å². The Labute approximate surface area is 120 Å². The van der Waals surface area contributed by atoms with Crippen molar-refractivity contribution >= 4 is 16.9 Å². The number of para-hydroxylation sites is 2. The molecule has 0 saturated heterocycles. The molecule has 1 amide bonds. The summed E-state index contributed by atoms with van der Waals surface area (Å²) in [6.07, 6.45) is 2.62. The van der Waals surface area contributed by atoms with Crippen molar-refractivity contribution in [2.45, 2.75) is 46.2 Å². The number of carbonyl (C=O) groups is 1. The van der Waals surface area contributed by atoms with Gasteiger partial charge in [0.1, 0.15) is 5.82 Å². The third-order valence-electron chi connectivity index (χ3n) is 3.60. The maximum atomic E-state index is 12.0. The highest BCUT2D eigenvalue weighted by Crippen LogP contribution is 2.17. The molecular weight excluding hydrogens is 250 g/mol. The molecule has 0 aliphatic rings. The average Bonchev–Trinajstić information content (AvgIpc) is 2.81. The average molecular weight is 273 g/mol. The van der Waals surface area contributed by atoms with E-state index in [0.29, 0.717) is 13.0 Å². The lowest BCUT2D eigenvalue weighted by atomic mass is 10.2. The second-order valence-electron chi connectivity index (χ2n) is 5.11. The van der Waals surface area contributed by atoms with Gasteiger partial charge in [0.15, 0.2) is 0 Å². The van der Waals surface area contributed by atoms with E-state index in [9.17, 15) is 4.79 Å². The van der Waals surface area contributed by atoms with E-state index in [4.69, 9.17) is 0 Å².